The molecule has 1 aliphatic heterocycles. The van der Waals surface area contributed by atoms with E-state index in [1.54, 1.807) is 42.7 Å². The normalized spacial score (nSPS) is 19.3. The zero-order valence-electron chi connectivity index (χ0n) is 12.3. The van der Waals surface area contributed by atoms with Gasteiger partial charge in [-0.2, -0.15) is 0 Å². The van der Waals surface area contributed by atoms with Crippen LogP contribution in [0.2, 0.25) is 5.02 Å². The topological polar surface area (TPSA) is 80.3 Å². The molecule has 6 nitrogen and oxygen atoms in total. The van der Waals surface area contributed by atoms with Crippen LogP contribution in [-0.2, 0) is 16.1 Å². The number of aromatic nitrogens is 1. The molecule has 23 heavy (non-hydrogen) atoms. The molecule has 118 valence electrons. The first-order valence-electron chi connectivity index (χ1n) is 6.96. The van der Waals surface area contributed by atoms with Gasteiger partial charge in [0.05, 0.1) is 5.69 Å². The van der Waals surface area contributed by atoms with Gasteiger partial charge in [0.25, 0.3) is 17.4 Å². The predicted molar refractivity (Wildman–Crippen MR) is 85.2 cm³/mol. The summed E-state index contributed by atoms with van der Waals surface area (Å²) in [6.45, 7) is 1.71. The molecule has 7 heteroatoms. The lowest BCUT2D eigenvalue weighted by Gasteiger charge is -2.33. The standard InChI is InChI=1S/C16H14ClN3O3/c1-16(14(21)19-9-10-4-6-18-7-5-10)15(22)20-12-8-11(17)2-3-13(12)23-16/h2-8H,9H2,1H3,(H,19,21)(H,20,22). The Kier molecular flexibility index (Phi) is 3.92. The zero-order chi connectivity index (χ0) is 16.4. The molecule has 2 heterocycles. The molecular weight excluding hydrogens is 318 g/mol. The molecule has 2 aromatic rings. The van der Waals surface area contributed by atoms with Gasteiger partial charge in [0, 0.05) is 24.0 Å². The van der Waals surface area contributed by atoms with Gasteiger partial charge in [0.1, 0.15) is 5.75 Å². The number of hydrogen-bond acceptors (Lipinski definition) is 4. The molecule has 0 saturated carbocycles. The van der Waals surface area contributed by atoms with E-state index in [9.17, 15) is 9.59 Å². The number of ether oxygens (including phenoxy) is 1. The van der Waals surface area contributed by atoms with E-state index >= 15 is 0 Å². The third kappa shape index (κ3) is 2.98. The van der Waals surface area contributed by atoms with Crippen molar-refractivity contribution in [2.24, 2.45) is 0 Å². The van der Waals surface area contributed by atoms with Crippen molar-refractivity contribution in [2.75, 3.05) is 5.32 Å². The van der Waals surface area contributed by atoms with Gasteiger partial charge in [-0.1, -0.05) is 11.6 Å². The lowest BCUT2D eigenvalue weighted by Crippen LogP contribution is -2.58. The third-order valence-electron chi connectivity index (χ3n) is 3.57. The second kappa shape index (κ2) is 5.89. The Morgan fingerprint density at radius 2 is 2.09 bits per heavy atom. The average molecular weight is 332 g/mol. The second-order valence-corrected chi connectivity index (χ2v) is 5.70. The van der Waals surface area contributed by atoms with Crippen LogP contribution in [0.3, 0.4) is 0 Å². The van der Waals surface area contributed by atoms with Gasteiger partial charge < -0.3 is 15.4 Å². The number of nitrogens with zero attached hydrogens (tertiary/aromatic N) is 1. The fourth-order valence-corrected chi connectivity index (χ4v) is 2.37. The summed E-state index contributed by atoms with van der Waals surface area (Å²) >= 11 is 5.88. The first-order valence-corrected chi connectivity index (χ1v) is 7.34. The highest BCUT2D eigenvalue weighted by atomic mass is 35.5. The van der Waals surface area contributed by atoms with Crippen LogP contribution < -0.4 is 15.4 Å². The maximum Gasteiger partial charge on any atom is 0.278 e. The lowest BCUT2D eigenvalue weighted by molar-refractivity contribution is -0.146. The largest absolute Gasteiger partial charge is 0.466 e. The summed E-state index contributed by atoms with van der Waals surface area (Å²) in [5.74, 6) is -0.664. The van der Waals surface area contributed by atoms with E-state index in [0.717, 1.165) is 5.56 Å². The van der Waals surface area contributed by atoms with Crippen LogP contribution in [0.25, 0.3) is 0 Å². The highest BCUT2D eigenvalue weighted by molar-refractivity contribution is 6.31. The summed E-state index contributed by atoms with van der Waals surface area (Å²) in [4.78, 5) is 28.6. The molecule has 1 atom stereocenters. The van der Waals surface area contributed by atoms with Gasteiger partial charge in [-0.05, 0) is 42.8 Å². The van der Waals surface area contributed by atoms with Crippen LogP contribution in [-0.4, -0.2) is 22.4 Å². The van der Waals surface area contributed by atoms with Crippen LogP contribution in [0, 0.1) is 0 Å². The van der Waals surface area contributed by atoms with E-state index in [0.29, 0.717) is 16.5 Å². The number of anilines is 1. The van der Waals surface area contributed by atoms with E-state index in [1.807, 2.05) is 0 Å². The van der Waals surface area contributed by atoms with E-state index in [-0.39, 0.29) is 6.54 Å². The molecule has 3 rings (SSSR count). The second-order valence-electron chi connectivity index (χ2n) is 5.27. The van der Waals surface area contributed by atoms with E-state index in [4.69, 9.17) is 16.3 Å². The maximum absolute atomic E-state index is 12.4. The van der Waals surface area contributed by atoms with Gasteiger partial charge in [-0.25, -0.2) is 0 Å². The Hall–Kier alpha value is -2.60. The van der Waals surface area contributed by atoms with Gasteiger partial charge >= 0.3 is 0 Å². The minimum atomic E-state index is -1.64. The summed E-state index contributed by atoms with van der Waals surface area (Å²) in [5.41, 5.74) is -0.323. The van der Waals surface area contributed by atoms with Crippen molar-refractivity contribution in [1.29, 1.82) is 0 Å². The smallest absolute Gasteiger partial charge is 0.278 e. The Labute approximate surface area is 137 Å². The minimum Gasteiger partial charge on any atom is -0.466 e. The fraction of sp³-hybridized carbons (Fsp3) is 0.188. The summed E-state index contributed by atoms with van der Waals surface area (Å²) in [7, 11) is 0. The number of benzene rings is 1. The van der Waals surface area contributed by atoms with Crippen LogP contribution >= 0.6 is 11.6 Å². The van der Waals surface area contributed by atoms with Crippen molar-refractivity contribution in [3.05, 3.63) is 53.3 Å². The van der Waals surface area contributed by atoms with Gasteiger partial charge in [-0.15, -0.1) is 0 Å². The molecule has 2 amide bonds. The Morgan fingerprint density at radius 3 is 2.83 bits per heavy atom. The molecule has 2 N–H and O–H groups in total. The van der Waals surface area contributed by atoms with Crippen molar-refractivity contribution in [3.8, 4) is 5.75 Å². The van der Waals surface area contributed by atoms with Gasteiger partial charge in [-0.3, -0.25) is 14.6 Å². The number of halogens is 1. The molecule has 0 bridgehead atoms. The molecular formula is C16H14ClN3O3. The minimum absolute atomic E-state index is 0.279. The number of amides is 2. The Bertz CT molecular complexity index is 766. The molecule has 1 aliphatic rings. The molecule has 1 aromatic heterocycles. The number of hydrogen-bond donors (Lipinski definition) is 2. The number of fused-ring (bicyclic) bond motifs is 1. The highest BCUT2D eigenvalue weighted by Crippen LogP contribution is 2.35. The zero-order valence-corrected chi connectivity index (χ0v) is 13.1. The Balaban J connectivity index is 1.77. The number of pyridine rings is 1. The molecule has 0 spiro atoms. The van der Waals surface area contributed by atoms with Gasteiger partial charge in [0.15, 0.2) is 0 Å². The number of rotatable bonds is 3. The van der Waals surface area contributed by atoms with Crippen LogP contribution in [0.1, 0.15) is 12.5 Å². The number of nitrogens with one attached hydrogen (secondary N) is 2. The van der Waals surface area contributed by atoms with Crippen molar-refractivity contribution >= 4 is 29.1 Å². The molecule has 0 fully saturated rings. The Morgan fingerprint density at radius 1 is 1.35 bits per heavy atom. The molecule has 0 saturated heterocycles. The monoisotopic (exact) mass is 331 g/mol. The first-order chi connectivity index (χ1) is 11.0. The summed E-state index contributed by atoms with van der Waals surface area (Å²) in [6, 6.07) is 8.38. The average Bonchev–Trinajstić information content (AvgIpc) is 2.55. The number of carbonyl (C=O) groups is 2. The molecule has 1 unspecified atom stereocenters. The van der Waals surface area contributed by atoms with Crippen molar-refractivity contribution < 1.29 is 14.3 Å². The molecule has 1 aromatic carbocycles. The van der Waals surface area contributed by atoms with Gasteiger partial charge in [0.2, 0.25) is 0 Å². The summed E-state index contributed by atoms with van der Waals surface area (Å²) in [6.07, 6.45) is 3.26. The van der Waals surface area contributed by atoms with Crippen LogP contribution in [0.4, 0.5) is 5.69 Å². The fourth-order valence-electron chi connectivity index (χ4n) is 2.20. The SMILES string of the molecule is CC1(C(=O)NCc2ccncc2)Oc2ccc(Cl)cc2NC1=O. The maximum atomic E-state index is 12.4. The van der Waals surface area contributed by atoms with Crippen LogP contribution in [0.15, 0.2) is 42.7 Å². The van der Waals surface area contributed by atoms with Crippen molar-refractivity contribution in [2.45, 2.75) is 19.1 Å². The molecule has 0 aliphatic carbocycles. The summed E-state index contributed by atoms with van der Waals surface area (Å²) < 4.78 is 5.64. The van der Waals surface area contributed by atoms with E-state index in [2.05, 4.69) is 15.6 Å². The van der Waals surface area contributed by atoms with E-state index in [1.165, 1.54) is 6.92 Å². The van der Waals surface area contributed by atoms with Crippen molar-refractivity contribution in [1.82, 2.24) is 10.3 Å². The van der Waals surface area contributed by atoms with Crippen LogP contribution in [0.5, 0.6) is 5.75 Å². The predicted octanol–water partition coefficient (Wildman–Crippen LogP) is 2.14. The third-order valence-corrected chi connectivity index (χ3v) is 3.81. The quantitative estimate of drug-likeness (QED) is 0.844. The van der Waals surface area contributed by atoms with E-state index < -0.39 is 17.4 Å². The summed E-state index contributed by atoms with van der Waals surface area (Å²) in [5, 5.41) is 5.83. The lowest BCUT2D eigenvalue weighted by atomic mass is 10.0. The van der Waals surface area contributed by atoms with Crippen molar-refractivity contribution in [3.63, 3.8) is 0 Å². The highest BCUT2D eigenvalue weighted by Gasteiger charge is 2.47. The first kappa shape index (κ1) is 15.3. The number of carbonyl (C=O) groups excluding carboxylic acids is 2. The molecule has 0 radical (unpaired) electrons.